The van der Waals surface area contributed by atoms with Crippen LogP contribution in [-0.2, 0) is 0 Å². The summed E-state index contributed by atoms with van der Waals surface area (Å²) < 4.78 is 1.03. The fourth-order valence-electron chi connectivity index (χ4n) is 4.40. The van der Waals surface area contributed by atoms with Crippen LogP contribution in [0.3, 0.4) is 0 Å². The Labute approximate surface area is 225 Å². The summed E-state index contributed by atoms with van der Waals surface area (Å²) in [6.45, 7) is 0. The lowest BCUT2D eigenvalue weighted by Gasteiger charge is -2.11. The summed E-state index contributed by atoms with van der Waals surface area (Å²) in [5, 5.41) is 0. The van der Waals surface area contributed by atoms with Crippen LogP contribution in [0, 0.1) is 0 Å². The normalized spacial score (nSPS) is 10.8. The third-order valence-electron chi connectivity index (χ3n) is 6.40. The SMILES string of the molecule is Brc1ccc(-c2nc(-c3ccc(-c4ccccc4)cc3)cc(-c3ccc(-c4ccccc4)cc3)n2)cc1. The number of halogens is 1. The molecule has 0 saturated carbocycles. The molecule has 0 N–H and O–H groups in total. The summed E-state index contributed by atoms with van der Waals surface area (Å²) in [6.07, 6.45) is 0. The highest BCUT2D eigenvalue weighted by atomic mass is 79.9. The third-order valence-corrected chi connectivity index (χ3v) is 6.93. The lowest BCUT2D eigenvalue weighted by molar-refractivity contribution is 1.18. The maximum absolute atomic E-state index is 4.97. The van der Waals surface area contributed by atoms with Gasteiger partial charge in [-0.25, -0.2) is 9.97 Å². The van der Waals surface area contributed by atoms with Crippen LogP contribution in [0.15, 0.2) is 144 Å². The molecule has 0 saturated heterocycles. The number of hydrogen-bond acceptors (Lipinski definition) is 2. The van der Waals surface area contributed by atoms with Gasteiger partial charge in [-0.2, -0.15) is 0 Å². The van der Waals surface area contributed by atoms with Gasteiger partial charge in [0.1, 0.15) is 0 Å². The van der Waals surface area contributed by atoms with Crippen molar-refractivity contribution in [2.24, 2.45) is 0 Å². The molecule has 0 amide bonds. The van der Waals surface area contributed by atoms with Gasteiger partial charge in [-0.15, -0.1) is 0 Å². The minimum absolute atomic E-state index is 0.708. The van der Waals surface area contributed by atoms with E-state index in [4.69, 9.17) is 9.97 Å². The number of rotatable bonds is 5. The van der Waals surface area contributed by atoms with E-state index in [2.05, 4.69) is 119 Å². The van der Waals surface area contributed by atoms with Crippen molar-refractivity contribution in [1.29, 1.82) is 0 Å². The topological polar surface area (TPSA) is 25.8 Å². The second-order valence-electron chi connectivity index (χ2n) is 8.86. The second kappa shape index (κ2) is 10.3. The minimum atomic E-state index is 0.708. The van der Waals surface area contributed by atoms with Crippen molar-refractivity contribution in [3.8, 4) is 56.2 Å². The van der Waals surface area contributed by atoms with E-state index in [1.165, 1.54) is 22.3 Å². The molecule has 0 unspecified atom stereocenters. The molecule has 1 heterocycles. The molecule has 0 atom stereocenters. The van der Waals surface area contributed by atoms with Crippen LogP contribution in [0.5, 0.6) is 0 Å². The lowest BCUT2D eigenvalue weighted by atomic mass is 10.0. The summed E-state index contributed by atoms with van der Waals surface area (Å²) in [6, 6.07) is 48.2. The van der Waals surface area contributed by atoms with Crippen LogP contribution in [0.2, 0.25) is 0 Å². The smallest absolute Gasteiger partial charge is 0.160 e. The van der Waals surface area contributed by atoms with Crippen molar-refractivity contribution in [2.45, 2.75) is 0 Å². The first-order valence-corrected chi connectivity index (χ1v) is 13.0. The van der Waals surface area contributed by atoms with E-state index in [0.29, 0.717) is 5.82 Å². The number of benzene rings is 5. The fraction of sp³-hybridized carbons (Fsp3) is 0. The maximum atomic E-state index is 4.97. The zero-order chi connectivity index (χ0) is 25.0. The number of nitrogens with zero attached hydrogens (tertiary/aromatic N) is 2. The van der Waals surface area contributed by atoms with E-state index in [-0.39, 0.29) is 0 Å². The maximum Gasteiger partial charge on any atom is 0.160 e. The Kier molecular flexibility index (Phi) is 6.45. The first kappa shape index (κ1) is 23.1. The van der Waals surface area contributed by atoms with Crippen LogP contribution >= 0.6 is 15.9 Å². The van der Waals surface area contributed by atoms with E-state index < -0.39 is 0 Å². The van der Waals surface area contributed by atoms with Crippen molar-refractivity contribution in [3.05, 3.63) is 144 Å². The predicted octanol–water partition coefficient (Wildman–Crippen LogP) is 9.57. The Morgan fingerprint density at radius 3 is 1.14 bits per heavy atom. The summed E-state index contributed by atoms with van der Waals surface area (Å²) >= 11 is 3.53. The quantitative estimate of drug-likeness (QED) is 0.218. The predicted molar refractivity (Wildman–Crippen MR) is 157 cm³/mol. The van der Waals surface area contributed by atoms with Gasteiger partial charge in [-0.05, 0) is 40.5 Å². The van der Waals surface area contributed by atoms with E-state index in [1.807, 2.05) is 36.4 Å². The molecule has 0 spiro atoms. The molecule has 6 aromatic rings. The zero-order valence-electron chi connectivity index (χ0n) is 20.1. The summed E-state index contributed by atoms with van der Waals surface area (Å²) in [4.78, 5) is 9.94. The number of hydrogen-bond donors (Lipinski definition) is 0. The van der Waals surface area contributed by atoms with Crippen molar-refractivity contribution in [1.82, 2.24) is 9.97 Å². The van der Waals surface area contributed by atoms with Crippen LogP contribution in [0.4, 0.5) is 0 Å². The lowest BCUT2D eigenvalue weighted by Crippen LogP contribution is -1.96. The monoisotopic (exact) mass is 538 g/mol. The van der Waals surface area contributed by atoms with Crippen LogP contribution in [0.1, 0.15) is 0 Å². The molecule has 0 radical (unpaired) electrons. The van der Waals surface area contributed by atoms with Gasteiger partial charge in [0, 0.05) is 21.2 Å². The van der Waals surface area contributed by atoms with E-state index in [0.717, 1.165) is 32.6 Å². The second-order valence-corrected chi connectivity index (χ2v) is 9.77. The third kappa shape index (κ3) is 5.13. The number of aromatic nitrogens is 2. The molecule has 0 bridgehead atoms. The van der Waals surface area contributed by atoms with E-state index in [9.17, 15) is 0 Å². The molecule has 0 fully saturated rings. The molecule has 0 aliphatic rings. The molecule has 6 rings (SSSR count). The minimum Gasteiger partial charge on any atom is -0.228 e. The molecule has 0 aliphatic heterocycles. The zero-order valence-corrected chi connectivity index (χ0v) is 21.6. The molecule has 37 heavy (non-hydrogen) atoms. The Hall–Kier alpha value is -4.34. The van der Waals surface area contributed by atoms with Gasteiger partial charge in [-0.3, -0.25) is 0 Å². The van der Waals surface area contributed by atoms with Crippen LogP contribution < -0.4 is 0 Å². The highest BCUT2D eigenvalue weighted by Gasteiger charge is 2.11. The molecule has 1 aromatic heterocycles. The van der Waals surface area contributed by atoms with Crippen molar-refractivity contribution < 1.29 is 0 Å². The van der Waals surface area contributed by atoms with Gasteiger partial charge >= 0.3 is 0 Å². The molecule has 2 nitrogen and oxygen atoms in total. The Bertz CT molecular complexity index is 1520. The van der Waals surface area contributed by atoms with Crippen LogP contribution in [0.25, 0.3) is 56.2 Å². The summed E-state index contributed by atoms with van der Waals surface area (Å²) in [7, 11) is 0. The molecular formula is C34H23BrN2. The first-order chi connectivity index (χ1) is 18.2. The van der Waals surface area contributed by atoms with Crippen LogP contribution in [-0.4, -0.2) is 9.97 Å². The highest BCUT2D eigenvalue weighted by Crippen LogP contribution is 2.31. The highest BCUT2D eigenvalue weighted by molar-refractivity contribution is 9.10. The Morgan fingerprint density at radius 1 is 0.351 bits per heavy atom. The summed E-state index contributed by atoms with van der Waals surface area (Å²) in [5.41, 5.74) is 9.66. The average Bonchev–Trinajstić information content (AvgIpc) is 2.98. The Morgan fingerprint density at radius 2 is 0.703 bits per heavy atom. The van der Waals surface area contributed by atoms with Crippen molar-refractivity contribution >= 4 is 15.9 Å². The van der Waals surface area contributed by atoms with Gasteiger partial charge in [-0.1, -0.05) is 137 Å². The van der Waals surface area contributed by atoms with Gasteiger partial charge in [0.15, 0.2) is 5.82 Å². The van der Waals surface area contributed by atoms with Gasteiger partial charge in [0.25, 0.3) is 0 Å². The fourth-order valence-corrected chi connectivity index (χ4v) is 4.66. The van der Waals surface area contributed by atoms with Gasteiger partial charge < -0.3 is 0 Å². The molecule has 0 aliphatic carbocycles. The van der Waals surface area contributed by atoms with Gasteiger partial charge in [0.05, 0.1) is 11.4 Å². The standard InChI is InChI=1S/C34H23BrN2/c35-31-21-19-30(20-22-31)34-36-32(28-15-11-26(12-16-28)24-7-3-1-4-8-24)23-33(37-34)29-17-13-27(14-18-29)25-9-5-2-6-10-25/h1-23H. The van der Waals surface area contributed by atoms with Crippen molar-refractivity contribution in [2.75, 3.05) is 0 Å². The largest absolute Gasteiger partial charge is 0.228 e. The van der Waals surface area contributed by atoms with Crippen molar-refractivity contribution in [3.63, 3.8) is 0 Å². The molecule has 176 valence electrons. The van der Waals surface area contributed by atoms with E-state index in [1.54, 1.807) is 0 Å². The van der Waals surface area contributed by atoms with E-state index >= 15 is 0 Å². The van der Waals surface area contributed by atoms with Gasteiger partial charge in [0.2, 0.25) is 0 Å². The molecule has 5 aromatic carbocycles. The summed E-state index contributed by atoms with van der Waals surface area (Å²) in [5.74, 6) is 0.708. The Balaban J connectivity index is 1.42. The first-order valence-electron chi connectivity index (χ1n) is 12.2. The molecule has 3 heteroatoms. The molecular weight excluding hydrogens is 516 g/mol. The average molecular weight is 539 g/mol.